The van der Waals surface area contributed by atoms with Gasteiger partial charge in [-0.25, -0.2) is 8.78 Å². The molecule has 1 amide bonds. The Morgan fingerprint density at radius 3 is 2.78 bits per heavy atom. The lowest BCUT2D eigenvalue weighted by atomic mass is 9.85. The first kappa shape index (κ1) is 14.2. The fourth-order valence-corrected chi connectivity index (χ4v) is 4.12. The molecule has 0 aromatic carbocycles. The summed E-state index contributed by atoms with van der Waals surface area (Å²) in [7, 11) is 0. The third-order valence-electron chi connectivity index (χ3n) is 4.31. The van der Waals surface area contributed by atoms with Crippen LogP contribution in [0, 0.1) is 11.8 Å². The fourth-order valence-electron chi connectivity index (χ4n) is 3.13. The first-order valence-corrected chi connectivity index (χ1v) is 7.81. The molecule has 18 heavy (non-hydrogen) atoms. The molecule has 0 aromatic heterocycles. The highest BCUT2D eigenvalue weighted by Gasteiger charge is 2.43. The molecule has 0 aromatic rings. The quantitative estimate of drug-likeness (QED) is 0.713. The standard InChI is InChI=1S/C13H20BrF2NO/c1-9-4-6-17(11(9)8-14)12(18)10-3-2-5-13(15,16)7-10/h9-11H,2-8H2,1H3. The maximum absolute atomic E-state index is 13.4. The molecule has 3 unspecified atom stereocenters. The number of rotatable bonds is 2. The summed E-state index contributed by atoms with van der Waals surface area (Å²) >= 11 is 3.43. The van der Waals surface area contributed by atoms with Crippen LogP contribution in [0.1, 0.15) is 39.0 Å². The summed E-state index contributed by atoms with van der Waals surface area (Å²) in [6.07, 6.45) is 1.74. The molecule has 0 radical (unpaired) electrons. The van der Waals surface area contributed by atoms with Crippen molar-refractivity contribution in [1.82, 2.24) is 4.90 Å². The average Bonchev–Trinajstić information content (AvgIpc) is 2.68. The lowest BCUT2D eigenvalue weighted by molar-refractivity contribution is -0.143. The Kier molecular flexibility index (Phi) is 4.29. The molecule has 2 nitrogen and oxygen atoms in total. The van der Waals surface area contributed by atoms with Gasteiger partial charge in [-0.3, -0.25) is 4.79 Å². The van der Waals surface area contributed by atoms with Crippen LogP contribution in [0.4, 0.5) is 8.78 Å². The second-order valence-corrected chi connectivity index (χ2v) is 6.32. The number of halogens is 3. The smallest absolute Gasteiger partial charge is 0.248 e. The minimum absolute atomic E-state index is 0.0526. The van der Waals surface area contributed by atoms with E-state index < -0.39 is 11.8 Å². The molecule has 0 N–H and O–H groups in total. The molecule has 2 fully saturated rings. The van der Waals surface area contributed by atoms with E-state index in [0.717, 1.165) is 18.3 Å². The van der Waals surface area contributed by atoms with Gasteiger partial charge >= 0.3 is 0 Å². The van der Waals surface area contributed by atoms with Gasteiger partial charge in [0.2, 0.25) is 11.8 Å². The molecule has 0 spiro atoms. The highest BCUT2D eigenvalue weighted by molar-refractivity contribution is 9.09. The van der Waals surface area contributed by atoms with Gasteiger partial charge in [0.1, 0.15) is 0 Å². The minimum atomic E-state index is -2.65. The van der Waals surface area contributed by atoms with E-state index >= 15 is 0 Å². The Hall–Kier alpha value is -0.190. The van der Waals surface area contributed by atoms with Crippen LogP contribution in [0.15, 0.2) is 0 Å². The summed E-state index contributed by atoms with van der Waals surface area (Å²) in [5, 5.41) is 0.739. The van der Waals surface area contributed by atoms with E-state index in [0.29, 0.717) is 18.8 Å². The molecule has 1 saturated heterocycles. The molecule has 2 rings (SSSR count). The van der Waals surface area contributed by atoms with Crippen LogP contribution < -0.4 is 0 Å². The van der Waals surface area contributed by atoms with Gasteiger partial charge in [0.25, 0.3) is 0 Å². The molecule has 3 atom stereocenters. The zero-order chi connectivity index (χ0) is 13.3. The molecule has 1 saturated carbocycles. The van der Waals surface area contributed by atoms with Crippen LogP contribution in [-0.2, 0) is 4.79 Å². The van der Waals surface area contributed by atoms with Gasteiger partial charge in [0.05, 0.1) is 0 Å². The van der Waals surface area contributed by atoms with E-state index in [1.165, 1.54) is 0 Å². The topological polar surface area (TPSA) is 20.3 Å². The molecular formula is C13H20BrF2NO. The molecule has 1 aliphatic heterocycles. The number of nitrogens with zero attached hydrogens (tertiary/aromatic N) is 1. The van der Waals surface area contributed by atoms with Crippen molar-refractivity contribution in [2.45, 2.75) is 51.0 Å². The zero-order valence-electron chi connectivity index (χ0n) is 10.7. The summed E-state index contributed by atoms with van der Waals surface area (Å²) in [4.78, 5) is 14.2. The number of likely N-dealkylation sites (tertiary alicyclic amines) is 1. The molecule has 0 bridgehead atoms. The fraction of sp³-hybridized carbons (Fsp3) is 0.923. The first-order chi connectivity index (χ1) is 8.44. The Morgan fingerprint density at radius 2 is 2.17 bits per heavy atom. The van der Waals surface area contributed by atoms with Crippen molar-refractivity contribution in [3.05, 3.63) is 0 Å². The van der Waals surface area contributed by atoms with Crippen molar-refractivity contribution < 1.29 is 13.6 Å². The van der Waals surface area contributed by atoms with Gasteiger partial charge in [0.15, 0.2) is 0 Å². The Bertz CT molecular complexity index is 324. The minimum Gasteiger partial charge on any atom is -0.338 e. The highest BCUT2D eigenvalue weighted by Crippen LogP contribution is 2.38. The second kappa shape index (κ2) is 5.43. The van der Waals surface area contributed by atoms with Gasteiger partial charge in [0, 0.05) is 36.7 Å². The molecule has 1 aliphatic carbocycles. The largest absolute Gasteiger partial charge is 0.338 e. The van der Waals surface area contributed by atoms with E-state index in [9.17, 15) is 13.6 Å². The molecule has 2 aliphatic rings. The lowest BCUT2D eigenvalue weighted by Crippen LogP contribution is -2.44. The van der Waals surface area contributed by atoms with E-state index in [1.54, 1.807) is 0 Å². The molecule has 1 heterocycles. The van der Waals surface area contributed by atoms with Gasteiger partial charge in [-0.15, -0.1) is 0 Å². The van der Waals surface area contributed by atoms with Crippen molar-refractivity contribution >= 4 is 21.8 Å². The Morgan fingerprint density at radius 1 is 1.44 bits per heavy atom. The summed E-state index contributed by atoms with van der Waals surface area (Å²) < 4.78 is 26.8. The maximum Gasteiger partial charge on any atom is 0.248 e. The normalized spacial score (nSPS) is 35.8. The average molecular weight is 324 g/mol. The molecule has 5 heteroatoms. The predicted octanol–water partition coefficient (Wildman–Crippen LogP) is 3.44. The monoisotopic (exact) mass is 323 g/mol. The van der Waals surface area contributed by atoms with Gasteiger partial charge in [-0.05, 0) is 25.2 Å². The van der Waals surface area contributed by atoms with Gasteiger partial charge in [-0.1, -0.05) is 22.9 Å². The highest BCUT2D eigenvalue weighted by atomic mass is 79.9. The summed E-state index contributed by atoms with van der Waals surface area (Å²) in [6, 6.07) is 0.174. The predicted molar refractivity (Wildman–Crippen MR) is 70.0 cm³/mol. The number of carbonyl (C=O) groups is 1. The molecule has 104 valence electrons. The van der Waals surface area contributed by atoms with Crippen molar-refractivity contribution in [3.8, 4) is 0 Å². The van der Waals surface area contributed by atoms with Gasteiger partial charge < -0.3 is 4.90 Å². The lowest BCUT2D eigenvalue weighted by Gasteiger charge is -2.33. The summed E-state index contributed by atoms with van der Waals surface area (Å²) in [5.74, 6) is -2.71. The third kappa shape index (κ3) is 2.86. The number of alkyl halides is 3. The van der Waals surface area contributed by atoms with Crippen LogP contribution >= 0.6 is 15.9 Å². The Labute approximate surface area is 115 Å². The number of hydrogen-bond donors (Lipinski definition) is 0. The molecular weight excluding hydrogens is 304 g/mol. The van der Waals surface area contributed by atoms with Crippen molar-refractivity contribution in [3.63, 3.8) is 0 Å². The first-order valence-electron chi connectivity index (χ1n) is 6.69. The van der Waals surface area contributed by atoms with Crippen LogP contribution in [-0.4, -0.2) is 34.6 Å². The maximum atomic E-state index is 13.4. The van der Waals surface area contributed by atoms with Crippen LogP contribution in [0.5, 0.6) is 0 Å². The van der Waals surface area contributed by atoms with Gasteiger partial charge in [-0.2, -0.15) is 0 Å². The van der Waals surface area contributed by atoms with Crippen molar-refractivity contribution in [1.29, 1.82) is 0 Å². The zero-order valence-corrected chi connectivity index (χ0v) is 12.3. The Balaban J connectivity index is 2.03. The van der Waals surface area contributed by atoms with E-state index in [2.05, 4.69) is 22.9 Å². The number of hydrogen-bond acceptors (Lipinski definition) is 1. The van der Waals surface area contributed by atoms with E-state index in [4.69, 9.17) is 0 Å². The summed E-state index contributed by atoms with van der Waals surface area (Å²) in [5.41, 5.74) is 0. The van der Waals surface area contributed by atoms with Crippen LogP contribution in [0.3, 0.4) is 0 Å². The summed E-state index contributed by atoms with van der Waals surface area (Å²) in [6.45, 7) is 2.84. The van der Waals surface area contributed by atoms with Crippen LogP contribution in [0.25, 0.3) is 0 Å². The van der Waals surface area contributed by atoms with E-state index in [-0.39, 0.29) is 24.8 Å². The van der Waals surface area contributed by atoms with Crippen molar-refractivity contribution in [2.24, 2.45) is 11.8 Å². The second-order valence-electron chi connectivity index (χ2n) is 5.67. The van der Waals surface area contributed by atoms with Crippen molar-refractivity contribution in [2.75, 3.05) is 11.9 Å². The SMILES string of the molecule is CC1CCN(C(=O)C2CCCC(F)(F)C2)C1CBr. The third-order valence-corrected chi connectivity index (χ3v) is 4.98. The van der Waals surface area contributed by atoms with E-state index in [1.807, 2.05) is 4.90 Å². The number of amides is 1. The van der Waals surface area contributed by atoms with Crippen LogP contribution in [0.2, 0.25) is 0 Å². The number of carbonyl (C=O) groups excluding carboxylic acids is 1.